The first-order chi connectivity index (χ1) is 8.36. The van der Waals surface area contributed by atoms with Gasteiger partial charge in [0.2, 0.25) is 0 Å². The second-order valence-electron chi connectivity index (χ2n) is 3.87. The van der Waals surface area contributed by atoms with Gasteiger partial charge in [0, 0.05) is 19.7 Å². The van der Waals surface area contributed by atoms with Crippen LogP contribution in [-0.2, 0) is 11.3 Å². The molecule has 0 bridgehead atoms. The van der Waals surface area contributed by atoms with Crippen LogP contribution in [-0.4, -0.2) is 26.4 Å². The van der Waals surface area contributed by atoms with Gasteiger partial charge in [0.1, 0.15) is 5.75 Å². The van der Waals surface area contributed by atoms with Crippen molar-refractivity contribution in [2.75, 3.05) is 26.4 Å². The van der Waals surface area contributed by atoms with Crippen LogP contribution in [0.1, 0.15) is 25.8 Å². The van der Waals surface area contributed by atoms with Crippen molar-refractivity contribution in [3.8, 4) is 5.75 Å². The maximum atomic E-state index is 5.53. The minimum Gasteiger partial charge on any atom is -0.494 e. The fourth-order valence-corrected chi connectivity index (χ4v) is 1.44. The van der Waals surface area contributed by atoms with Crippen LogP contribution in [0, 0.1) is 0 Å². The summed E-state index contributed by atoms with van der Waals surface area (Å²) in [6.07, 6.45) is 1.04. The lowest BCUT2D eigenvalue weighted by molar-refractivity contribution is 0.149. The molecule has 3 nitrogen and oxygen atoms in total. The minimum atomic E-state index is 0.772. The summed E-state index contributed by atoms with van der Waals surface area (Å²) in [5.41, 5.74) is 1.27. The van der Waals surface area contributed by atoms with E-state index in [0.29, 0.717) is 0 Å². The lowest BCUT2D eigenvalue weighted by atomic mass is 10.2. The normalized spacial score (nSPS) is 10.5. The summed E-state index contributed by atoms with van der Waals surface area (Å²) in [5.74, 6) is 0.949. The topological polar surface area (TPSA) is 30.5 Å². The SMILES string of the molecule is CCCOc1ccc(CNCCOCC)cc1. The average Bonchev–Trinajstić information content (AvgIpc) is 2.37. The van der Waals surface area contributed by atoms with Crippen LogP contribution in [0.25, 0.3) is 0 Å². The molecule has 1 rings (SSSR count). The third-order valence-corrected chi connectivity index (χ3v) is 2.35. The Hall–Kier alpha value is -1.06. The number of ether oxygens (including phenoxy) is 2. The molecule has 0 spiro atoms. The Bertz CT molecular complexity index is 285. The van der Waals surface area contributed by atoms with Crippen molar-refractivity contribution >= 4 is 0 Å². The van der Waals surface area contributed by atoms with E-state index in [1.807, 2.05) is 19.1 Å². The molecule has 0 fully saturated rings. The molecule has 0 aromatic heterocycles. The predicted octanol–water partition coefficient (Wildman–Crippen LogP) is 2.60. The molecule has 0 unspecified atom stereocenters. The number of benzene rings is 1. The van der Waals surface area contributed by atoms with E-state index >= 15 is 0 Å². The van der Waals surface area contributed by atoms with Gasteiger partial charge in [-0.1, -0.05) is 19.1 Å². The van der Waals surface area contributed by atoms with E-state index in [9.17, 15) is 0 Å². The van der Waals surface area contributed by atoms with Crippen molar-refractivity contribution in [1.29, 1.82) is 0 Å². The second kappa shape index (κ2) is 9.02. The molecule has 0 atom stereocenters. The van der Waals surface area contributed by atoms with Crippen molar-refractivity contribution < 1.29 is 9.47 Å². The van der Waals surface area contributed by atoms with E-state index in [0.717, 1.165) is 45.1 Å². The lowest BCUT2D eigenvalue weighted by Gasteiger charge is -2.07. The third kappa shape index (κ3) is 6.29. The quantitative estimate of drug-likeness (QED) is 0.670. The molecule has 1 aromatic carbocycles. The molecule has 0 aliphatic rings. The molecule has 0 saturated carbocycles. The van der Waals surface area contributed by atoms with Gasteiger partial charge in [-0.05, 0) is 31.0 Å². The second-order valence-corrected chi connectivity index (χ2v) is 3.87. The maximum absolute atomic E-state index is 5.53. The summed E-state index contributed by atoms with van der Waals surface area (Å²) in [6.45, 7) is 8.22. The highest BCUT2D eigenvalue weighted by molar-refractivity contribution is 5.27. The van der Waals surface area contributed by atoms with Gasteiger partial charge in [-0.2, -0.15) is 0 Å². The number of hydrogen-bond acceptors (Lipinski definition) is 3. The zero-order valence-electron chi connectivity index (χ0n) is 10.9. The van der Waals surface area contributed by atoms with E-state index in [1.165, 1.54) is 5.56 Å². The van der Waals surface area contributed by atoms with Crippen LogP contribution in [0.2, 0.25) is 0 Å². The van der Waals surface area contributed by atoms with Gasteiger partial charge >= 0.3 is 0 Å². The molecule has 96 valence electrons. The minimum absolute atomic E-state index is 0.772. The van der Waals surface area contributed by atoms with Gasteiger partial charge in [0.15, 0.2) is 0 Å². The van der Waals surface area contributed by atoms with Crippen LogP contribution in [0.4, 0.5) is 0 Å². The van der Waals surface area contributed by atoms with Crippen molar-refractivity contribution in [2.24, 2.45) is 0 Å². The first-order valence-corrected chi connectivity index (χ1v) is 6.37. The Kier molecular flexibility index (Phi) is 7.43. The Morgan fingerprint density at radius 3 is 2.47 bits per heavy atom. The van der Waals surface area contributed by atoms with Crippen LogP contribution >= 0.6 is 0 Å². The summed E-state index contributed by atoms with van der Waals surface area (Å²) >= 11 is 0. The van der Waals surface area contributed by atoms with Crippen molar-refractivity contribution in [3.63, 3.8) is 0 Å². The van der Waals surface area contributed by atoms with Crippen molar-refractivity contribution in [2.45, 2.75) is 26.8 Å². The number of hydrogen-bond donors (Lipinski definition) is 1. The number of rotatable bonds is 9. The maximum Gasteiger partial charge on any atom is 0.119 e. The Balaban J connectivity index is 2.20. The fraction of sp³-hybridized carbons (Fsp3) is 0.571. The third-order valence-electron chi connectivity index (χ3n) is 2.35. The van der Waals surface area contributed by atoms with Gasteiger partial charge < -0.3 is 14.8 Å². The Labute approximate surface area is 104 Å². The molecule has 17 heavy (non-hydrogen) atoms. The molecule has 0 radical (unpaired) electrons. The molecule has 0 heterocycles. The monoisotopic (exact) mass is 237 g/mol. The first kappa shape index (κ1) is 14.0. The Morgan fingerprint density at radius 1 is 1.06 bits per heavy atom. The van der Waals surface area contributed by atoms with Crippen molar-refractivity contribution in [3.05, 3.63) is 29.8 Å². The number of nitrogens with one attached hydrogen (secondary N) is 1. The highest BCUT2D eigenvalue weighted by atomic mass is 16.5. The van der Waals surface area contributed by atoms with Gasteiger partial charge in [-0.3, -0.25) is 0 Å². The molecule has 0 saturated heterocycles. The fourth-order valence-electron chi connectivity index (χ4n) is 1.44. The summed E-state index contributed by atoms with van der Waals surface area (Å²) in [4.78, 5) is 0. The van der Waals surface area contributed by atoms with Crippen molar-refractivity contribution in [1.82, 2.24) is 5.32 Å². The van der Waals surface area contributed by atoms with E-state index < -0.39 is 0 Å². The van der Waals surface area contributed by atoms with Crippen LogP contribution in [0.5, 0.6) is 5.75 Å². The summed E-state index contributed by atoms with van der Waals surface area (Å²) in [7, 11) is 0. The van der Waals surface area contributed by atoms with Gasteiger partial charge in [0.25, 0.3) is 0 Å². The van der Waals surface area contributed by atoms with E-state index in [2.05, 4.69) is 24.4 Å². The van der Waals surface area contributed by atoms with Crippen LogP contribution in [0.3, 0.4) is 0 Å². The van der Waals surface area contributed by atoms with Gasteiger partial charge in [-0.25, -0.2) is 0 Å². The predicted molar refractivity (Wildman–Crippen MR) is 70.4 cm³/mol. The van der Waals surface area contributed by atoms with Crippen LogP contribution < -0.4 is 10.1 Å². The van der Waals surface area contributed by atoms with E-state index in [4.69, 9.17) is 9.47 Å². The molecular weight excluding hydrogens is 214 g/mol. The molecular formula is C14H23NO2. The summed E-state index contributed by atoms with van der Waals surface area (Å²) < 4.78 is 10.8. The molecule has 0 aliphatic heterocycles. The molecule has 0 aliphatic carbocycles. The standard InChI is InChI=1S/C14H23NO2/c1-3-10-17-14-7-5-13(6-8-14)12-15-9-11-16-4-2/h5-8,15H,3-4,9-12H2,1-2H3. The molecule has 3 heteroatoms. The first-order valence-electron chi connectivity index (χ1n) is 6.37. The zero-order valence-corrected chi connectivity index (χ0v) is 10.9. The van der Waals surface area contributed by atoms with Gasteiger partial charge in [-0.15, -0.1) is 0 Å². The van der Waals surface area contributed by atoms with E-state index in [1.54, 1.807) is 0 Å². The zero-order chi connectivity index (χ0) is 12.3. The molecule has 1 N–H and O–H groups in total. The molecule has 0 amide bonds. The highest BCUT2D eigenvalue weighted by Crippen LogP contribution is 2.12. The van der Waals surface area contributed by atoms with Crippen LogP contribution in [0.15, 0.2) is 24.3 Å². The lowest BCUT2D eigenvalue weighted by Crippen LogP contribution is -2.19. The Morgan fingerprint density at radius 2 is 1.82 bits per heavy atom. The summed E-state index contributed by atoms with van der Waals surface area (Å²) in [6, 6.07) is 8.24. The van der Waals surface area contributed by atoms with E-state index in [-0.39, 0.29) is 0 Å². The smallest absolute Gasteiger partial charge is 0.119 e. The largest absolute Gasteiger partial charge is 0.494 e. The van der Waals surface area contributed by atoms with Gasteiger partial charge in [0.05, 0.1) is 13.2 Å². The summed E-state index contributed by atoms with van der Waals surface area (Å²) in [5, 5.41) is 3.33. The highest BCUT2D eigenvalue weighted by Gasteiger charge is 1.95. The average molecular weight is 237 g/mol. The molecule has 1 aromatic rings.